The summed E-state index contributed by atoms with van der Waals surface area (Å²) in [5, 5.41) is 16.8. The van der Waals surface area contributed by atoms with Gasteiger partial charge in [0, 0.05) is 12.8 Å². The topological polar surface area (TPSA) is 182 Å². The molecule has 0 aliphatic carbocycles. The maximum Gasteiger partial charge on any atom is 0.362 e. The van der Waals surface area contributed by atoms with Gasteiger partial charge >= 0.3 is 11.9 Å². The number of rotatable bonds is 10. The summed E-state index contributed by atoms with van der Waals surface area (Å²) in [6.45, 7) is 1.26. The number of hydrogen-bond donors (Lipinski definition) is 6. The van der Waals surface area contributed by atoms with E-state index in [1.54, 1.807) is 0 Å². The Morgan fingerprint density at radius 1 is 0.783 bits per heavy atom. The summed E-state index contributed by atoms with van der Waals surface area (Å²) in [4.78, 5) is 20.4. The van der Waals surface area contributed by atoms with Crippen LogP contribution in [0.15, 0.2) is 0 Å². The van der Waals surface area contributed by atoms with E-state index < -0.39 is 24.0 Å². The van der Waals surface area contributed by atoms with Crippen molar-refractivity contribution < 1.29 is 65.2 Å². The van der Waals surface area contributed by atoms with Crippen molar-refractivity contribution in [2.45, 2.75) is 50.6 Å². The predicted molar refractivity (Wildman–Crippen MR) is 84.8 cm³/mol. The van der Waals surface area contributed by atoms with Crippen molar-refractivity contribution in [1.82, 2.24) is 0 Å². The Labute approximate surface area is 169 Å². The van der Waals surface area contributed by atoms with E-state index in [1.807, 2.05) is 0 Å². The highest BCUT2D eigenvalue weighted by Gasteiger charge is 2.14. The Morgan fingerprint density at radius 2 is 1.04 bits per heavy atom. The number of carbonyl (C=O) groups is 2. The summed E-state index contributed by atoms with van der Waals surface area (Å²) >= 11 is 0. The molecule has 0 aromatic carbocycles. The third kappa shape index (κ3) is 27.4. The molecular formula is C12H31Br3N4O4. The van der Waals surface area contributed by atoms with E-state index in [1.165, 1.54) is 0 Å². The van der Waals surface area contributed by atoms with Crippen LogP contribution in [0.3, 0.4) is 0 Å². The lowest BCUT2D eigenvalue weighted by Gasteiger charge is -2.00. The minimum atomic E-state index is -0.822. The summed E-state index contributed by atoms with van der Waals surface area (Å²) in [7, 11) is 0. The van der Waals surface area contributed by atoms with Crippen LogP contribution in [-0.4, -0.2) is 47.3 Å². The first kappa shape index (κ1) is 34.5. The van der Waals surface area contributed by atoms with Gasteiger partial charge in [-0.3, -0.25) is 0 Å². The molecule has 0 heterocycles. The third-order valence-corrected chi connectivity index (χ3v) is 2.71. The fourth-order valence-electron chi connectivity index (χ4n) is 1.32. The second-order valence-corrected chi connectivity index (χ2v) is 4.64. The van der Waals surface area contributed by atoms with Gasteiger partial charge in [0.1, 0.15) is 0 Å². The van der Waals surface area contributed by atoms with Gasteiger partial charge in [-0.05, 0) is 38.8 Å². The van der Waals surface area contributed by atoms with Crippen molar-refractivity contribution in [3.05, 3.63) is 0 Å². The summed E-state index contributed by atoms with van der Waals surface area (Å²) in [6.07, 6.45) is 4.76. The van der Waals surface area contributed by atoms with E-state index >= 15 is 0 Å². The molecular weight excluding hydrogens is 504 g/mol. The Morgan fingerprint density at radius 3 is 1.22 bits per heavy atom. The van der Waals surface area contributed by atoms with Gasteiger partial charge in [0.15, 0.2) is 12.1 Å². The molecule has 0 spiro atoms. The predicted octanol–water partition coefficient (Wildman–Crippen LogP) is -7.79. The molecule has 23 heavy (non-hydrogen) atoms. The van der Waals surface area contributed by atoms with Crippen molar-refractivity contribution in [2.75, 3.05) is 13.1 Å². The highest BCUT2D eigenvalue weighted by Crippen LogP contribution is 1.96. The van der Waals surface area contributed by atoms with E-state index in [4.69, 9.17) is 21.7 Å². The molecule has 0 rings (SSSR count). The van der Waals surface area contributed by atoms with Gasteiger partial charge < -0.3 is 67.1 Å². The molecule has 12 N–H and O–H groups in total. The number of carboxylic acid groups (broad SMARTS) is 2. The molecule has 0 saturated heterocycles. The van der Waals surface area contributed by atoms with E-state index in [2.05, 4.69) is 11.5 Å². The lowest BCUT2D eigenvalue weighted by Crippen LogP contribution is -3.00. The largest absolute Gasteiger partial charge is 1.00 e. The van der Waals surface area contributed by atoms with Crippen LogP contribution in [0.2, 0.25) is 0 Å². The molecule has 0 radical (unpaired) electrons. The van der Waals surface area contributed by atoms with Gasteiger partial charge in [-0.1, -0.05) is 0 Å². The molecule has 0 saturated carbocycles. The van der Waals surface area contributed by atoms with E-state index in [0.717, 1.165) is 25.7 Å². The van der Waals surface area contributed by atoms with Gasteiger partial charge in [0.2, 0.25) is 0 Å². The average molecular weight is 535 g/mol. The Kier molecular flexibility index (Phi) is 36.7. The normalized spacial score (nSPS) is 11.3. The molecule has 0 aromatic heterocycles. The quantitative estimate of drug-likeness (QED) is 0.151. The first-order valence-electron chi connectivity index (χ1n) is 6.88. The number of hydrogen-bond acceptors (Lipinski definition) is 4. The monoisotopic (exact) mass is 532 g/mol. The van der Waals surface area contributed by atoms with Gasteiger partial charge in [-0.15, -0.1) is 17.0 Å². The molecule has 11 heteroatoms. The van der Waals surface area contributed by atoms with E-state index in [9.17, 15) is 9.59 Å². The zero-order valence-corrected chi connectivity index (χ0v) is 18.1. The van der Waals surface area contributed by atoms with Gasteiger partial charge in [-0.25, -0.2) is 9.59 Å². The van der Waals surface area contributed by atoms with Crippen LogP contribution in [0.5, 0.6) is 0 Å². The SMILES string of the molecule is Br.NCCCC[C@H]([NH3+])C(=O)O.NCCCC[C@H]([NH3+])C(=O)O.[Br-].[Br-]. The summed E-state index contributed by atoms with van der Waals surface area (Å²) in [6, 6.07) is -0.932. The number of aliphatic carboxylic acids is 2. The van der Waals surface area contributed by atoms with Crippen LogP contribution < -0.4 is 56.9 Å². The van der Waals surface area contributed by atoms with Gasteiger partial charge in [-0.2, -0.15) is 0 Å². The fraction of sp³-hybridized carbons (Fsp3) is 0.833. The summed E-state index contributed by atoms with van der Waals surface area (Å²) in [5.41, 5.74) is 17.4. The van der Waals surface area contributed by atoms with Crippen LogP contribution in [0.4, 0.5) is 0 Å². The minimum Gasteiger partial charge on any atom is -1.00 e. The smallest absolute Gasteiger partial charge is 0.362 e. The molecule has 0 aliphatic heterocycles. The van der Waals surface area contributed by atoms with Crippen molar-refractivity contribution in [1.29, 1.82) is 0 Å². The maximum atomic E-state index is 10.2. The van der Waals surface area contributed by atoms with E-state index in [-0.39, 0.29) is 50.9 Å². The Bertz CT molecular complexity index is 251. The van der Waals surface area contributed by atoms with Gasteiger partial charge in [0.05, 0.1) is 0 Å². The third-order valence-electron chi connectivity index (χ3n) is 2.71. The van der Waals surface area contributed by atoms with Crippen molar-refractivity contribution in [3.8, 4) is 0 Å². The van der Waals surface area contributed by atoms with Gasteiger partial charge in [0.25, 0.3) is 0 Å². The molecule has 0 aromatic rings. The molecule has 0 aliphatic rings. The highest BCUT2D eigenvalue weighted by molar-refractivity contribution is 8.93. The Balaban J connectivity index is -0.0000000831. The number of unbranched alkanes of at least 4 members (excludes halogenated alkanes) is 2. The molecule has 0 bridgehead atoms. The average Bonchev–Trinajstić information content (AvgIpc) is 2.39. The molecule has 144 valence electrons. The fourth-order valence-corrected chi connectivity index (χ4v) is 1.32. The van der Waals surface area contributed by atoms with Crippen LogP contribution in [0, 0.1) is 0 Å². The van der Waals surface area contributed by atoms with E-state index in [0.29, 0.717) is 25.9 Å². The summed E-state index contributed by atoms with van der Waals surface area (Å²) < 4.78 is 0. The number of nitrogens with two attached hydrogens (primary N) is 2. The molecule has 0 amide bonds. The number of halogens is 3. The first-order chi connectivity index (χ1) is 9.36. The van der Waals surface area contributed by atoms with Crippen LogP contribution in [-0.2, 0) is 9.59 Å². The molecule has 0 fully saturated rings. The van der Waals surface area contributed by atoms with Crippen LogP contribution in [0.25, 0.3) is 0 Å². The molecule has 8 nitrogen and oxygen atoms in total. The van der Waals surface area contributed by atoms with Crippen molar-refractivity contribution >= 4 is 28.9 Å². The standard InChI is InChI=1S/2C6H14N2O2.3BrH/c2*7-4-2-1-3-5(8)6(9)10;;;/h2*5H,1-4,7-8H2,(H,9,10);3*1H/t2*5-;;;/m00.../s1. The Hall–Kier alpha value is 0.220. The van der Waals surface area contributed by atoms with Crippen LogP contribution in [0.1, 0.15) is 38.5 Å². The molecule has 2 atom stereocenters. The maximum absolute atomic E-state index is 10.2. The first-order valence-corrected chi connectivity index (χ1v) is 6.88. The number of quaternary nitrogens is 2. The lowest BCUT2D eigenvalue weighted by molar-refractivity contribution is -0.409. The zero-order chi connectivity index (χ0) is 16.0. The second kappa shape index (κ2) is 24.5. The number of carboxylic acids is 2. The minimum absolute atomic E-state index is 0. The molecule has 0 unspecified atom stereocenters. The summed E-state index contributed by atoms with van der Waals surface area (Å²) in [5.74, 6) is -1.64. The lowest BCUT2D eigenvalue weighted by atomic mass is 10.1. The highest BCUT2D eigenvalue weighted by atomic mass is 79.9. The second-order valence-electron chi connectivity index (χ2n) is 4.64. The zero-order valence-electron chi connectivity index (χ0n) is 13.3. The van der Waals surface area contributed by atoms with Crippen LogP contribution >= 0.6 is 17.0 Å². The van der Waals surface area contributed by atoms with Crippen molar-refractivity contribution in [3.63, 3.8) is 0 Å². The van der Waals surface area contributed by atoms with Crippen molar-refractivity contribution in [2.24, 2.45) is 11.5 Å².